The van der Waals surface area contributed by atoms with Gasteiger partial charge >= 0.3 is 0 Å². The molecule has 7 nitrogen and oxygen atoms in total. The van der Waals surface area contributed by atoms with Crippen LogP contribution >= 0.6 is 27.3 Å². The molecule has 0 radical (unpaired) electrons. The third-order valence-electron chi connectivity index (χ3n) is 4.52. The van der Waals surface area contributed by atoms with Gasteiger partial charge in [-0.05, 0) is 53.0 Å². The summed E-state index contributed by atoms with van der Waals surface area (Å²) in [5.74, 6) is -0.676. The number of carbonyl (C=O) groups is 2. The van der Waals surface area contributed by atoms with Gasteiger partial charge in [0.2, 0.25) is 11.8 Å². The predicted molar refractivity (Wildman–Crippen MR) is 112 cm³/mol. The number of anilines is 2. The summed E-state index contributed by atoms with van der Waals surface area (Å²) in [6.07, 6.45) is 2.42. The summed E-state index contributed by atoms with van der Waals surface area (Å²) >= 11 is 4.51. The molecule has 1 atom stereocenters. The number of sulfone groups is 1. The van der Waals surface area contributed by atoms with Crippen molar-refractivity contribution in [1.82, 2.24) is 4.98 Å². The SMILES string of the molecule is CCC(=O)N1c2ccc(S(=O)(=O)CCC(=O)Nc3ncc(Br)s3)cc2CC1C. The molecule has 0 fully saturated rings. The molecule has 1 unspecified atom stereocenters. The Hall–Kier alpha value is -1.78. The molecule has 10 heteroatoms. The Morgan fingerprint density at radius 3 is 2.79 bits per heavy atom. The predicted octanol–water partition coefficient (Wildman–Crippen LogP) is 3.40. The van der Waals surface area contributed by atoms with E-state index in [1.165, 1.54) is 17.4 Å². The highest BCUT2D eigenvalue weighted by Gasteiger charge is 2.31. The van der Waals surface area contributed by atoms with E-state index in [-0.39, 0.29) is 29.0 Å². The molecule has 28 heavy (non-hydrogen) atoms. The second kappa shape index (κ2) is 8.30. The monoisotopic (exact) mass is 485 g/mol. The van der Waals surface area contributed by atoms with Crippen LogP contribution in [-0.2, 0) is 25.8 Å². The first-order valence-electron chi connectivity index (χ1n) is 8.80. The molecule has 3 rings (SSSR count). The highest BCUT2D eigenvalue weighted by Crippen LogP contribution is 2.34. The van der Waals surface area contributed by atoms with E-state index in [0.717, 1.165) is 15.0 Å². The number of hydrogen-bond acceptors (Lipinski definition) is 6. The maximum Gasteiger partial charge on any atom is 0.227 e. The molecule has 150 valence electrons. The van der Waals surface area contributed by atoms with Crippen LogP contribution in [0.5, 0.6) is 0 Å². The molecule has 1 aliphatic rings. The Bertz CT molecular complexity index is 1020. The fourth-order valence-electron chi connectivity index (χ4n) is 3.19. The first-order valence-corrected chi connectivity index (χ1v) is 12.1. The zero-order chi connectivity index (χ0) is 20.5. The smallest absolute Gasteiger partial charge is 0.227 e. The molecule has 0 saturated carbocycles. The van der Waals surface area contributed by atoms with Crippen molar-refractivity contribution in [3.05, 3.63) is 33.7 Å². The van der Waals surface area contributed by atoms with Gasteiger partial charge in [-0.1, -0.05) is 18.3 Å². The summed E-state index contributed by atoms with van der Waals surface area (Å²) in [4.78, 5) is 30.1. The quantitative estimate of drug-likeness (QED) is 0.675. The Labute approximate surface area is 176 Å². The first kappa shape index (κ1) is 20.9. The second-order valence-corrected chi connectivity index (χ2v) is 11.1. The lowest BCUT2D eigenvalue weighted by atomic mass is 10.1. The topological polar surface area (TPSA) is 96.4 Å². The van der Waals surface area contributed by atoms with Gasteiger partial charge in [0.1, 0.15) is 0 Å². The molecule has 0 spiro atoms. The van der Waals surface area contributed by atoms with Crippen molar-refractivity contribution >= 4 is 59.7 Å². The Morgan fingerprint density at radius 1 is 1.39 bits per heavy atom. The van der Waals surface area contributed by atoms with E-state index in [0.29, 0.717) is 18.0 Å². The number of carbonyl (C=O) groups excluding carboxylic acids is 2. The number of aromatic nitrogens is 1. The number of hydrogen-bond donors (Lipinski definition) is 1. The molecular weight excluding hydrogens is 466 g/mol. The van der Waals surface area contributed by atoms with Crippen LogP contribution in [-0.4, -0.2) is 37.0 Å². The number of halogens is 1. The van der Waals surface area contributed by atoms with Crippen molar-refractivity contribution in [1.29, 1.82) is 0 Å². The lowest BCUT2D eigenvalue weighted by Gasteiger charge is -2.22. The van der Waals surface area contributed by atoms with Crippen LogP contribution in [0.15, 0.2) is 33.1 Å². The van der Waals surface area contributed by atoms with E-state index in [9.17, 15) is 18.0 Å². The van der Waals surface area contributed by atoms with E-state index in [1.807, 2.05) is 6.92 Å². The molecule has 2 heterocycles. The number of nitrogens with zero attached hydrogens (tertiary/aromatic N) is 2. The van der Waals surface area contributed by atoms with Gasteiger partial charge in [-0.25, -0.2) is 13.4 Å². The van der Waals surface area contributed by atoms with Crippen LogP contribution in [0.25, 0.3) is 0 Å². The summed E-state index contributed by atoms with van der Waals surface area (Å²) in [5, 5.41) is 3.01. The van der Waals surface area contributed by atoms with E-state index in [4.69, 9.17) is 0 Å². The van der Waals surface area contributed by atoms with Gasteiger partial charge in [0.05, 0.1) is 20.6 Å². The fraction of sp³-hybridized carbons (Fsp3) is 0.389. The minimum Gasteiger partial charge on any atom is -0.309 e. The molecule has 1 aromatic heterocycles. The van der Waals surface area contributed by atoms with Crippen LogP contribution in [0.1, 0.15) is 32.3 Å². The third kappa shape index (κ3) is 4.44. The van der Waals surface area contributed by atoms with Crippen LogP contribution in [0.3, 0.4) is 0 Å². The molecule has 0 saturated heterocycles. The van der Waals surface area contributed by atoms with Crippen molar-refractivity contribution in [2.45, 2.75) is 44.0 Å². The molecule has 1 N–H and O–H groups in total. The maximum atomic E-state index is 12.7. The number of rotatable bonds is 6. The van der Waals surface area contributed by atoms with E-state index in [2.05, 4.69) is 26.2 Å². The average Bonchev–Trinajstić information content (AvgIpc) is 3.20. The van der Waals surface area contributed by atoms with Crippen LogP contribution in [0.4, 0.5) is 10.8 Å². The Morgan fingerprint density at radius 2 is 2.14 bits per heavy atom. The van der Waals surface area contributed by atoms with Crippen LogP contribution in [0.2, 0.25) is 0 Å². The van der Waals surface area contributed by atoms with E-state index < -0.39 is 15.7 Å². The lowest BCUT2D eigenvalue weighted by Crippen LogP contribution is -2.35. The fourth-order valence-corrected chi connectivity index (χ4v) is 5.60. The van der Waals surface area contributed by atoms with Crippen LogP contribution < -0.4 is 10.2 Å². The van der Waals surface area contributed by atoms with Crippen molar-refractivity contribution in [2.75, 3.05) is 16.0 Å². The van der Waals surface area contributed by atoms with Crippen LogP contribution in [0, 0.1) is 0 Å². The molecule has 1 aliphatic heterocycles. The Balaban J connectivity index is 1.70. The molecule has 2 amide bonds. The standard InChI is InChI=1S/C18H20BrN3O4S2/c1-3-17(24)22-11(2)8-12-9-13(4-5-14(12)22)28(25,26)7-6-16(23)21-18-20-10-15(19)27-18/h4-5,9-11H,3,6-8H2,1-2H3,(H,20,21,23). The van der Waals surface area contributed by atoms with Crippen molar-refractivity contribution in [2.24, 2.45) is 0 Å². The zero-order valence-corrected chi connectivity index (χ0v) is 18.7. The van der Waals surface area contributed by atoms with Gasteiger partial charge in [0.25, 0.3) is 0 Å². The first-order chi connectivity index (χ1) is 13.2. The normalized spacial score (nSPS) is 16.1. The van der Waals surface area contributed by atoms with Crippen molar-refractivity contribution < 1.29 is 18.0 Å². The minimum atomic E-state index is -3.62. The van der Waals surface area contributed by atoms with Gasteiger partial charge in [0.15, 0.2) is 15.0 Å². The highest BCUT2D eigenvalue weighted by molar-refractivity contribution is 9.11. The zero-order valence-electron chi connectivity index (χ0n) is 15.4. The summed E-state index contributed by atoms with van der Waals surface area (Å²) in [5.41, 5.74) is 1.61. The number of thiazole rings is 1. The maximum absolute atomic E-state index is 12.7. The van der Waals surface area contributed by atoms with Gasteiger partial charge in [-0.15, -0.1) is 0 Å². The van der Waals surface area contributed by atoms with Gasteiger partial charge < -0.3 is 10.2 Å². The molecular formula is C18H20BrN3O4S2. The van der Waals surface area contributed by atoms with E-state index in [1.54, 1.807) is 30.2 Å². The molecule has 0 bridgehead atoms. The summed E-state index contributed by atoms with van der Waals surface area (Å²) in [6, 6.07) is 4.83. The van der Waals surface area contributed by atoms with Crippen molar-refractivity contribution in [3.63, 3.8) is 0 Å². The number of fused-ring (bicyclic) bond motifs is 1. The second-order valence-electron chi connectivity index (χ2n) is 6.55. The summed E-state index contributed by atoms with van der Waals surface area (Å²) in [7, 11) is -3.62. The highest BCUT2D eigenvalue weighted by atomic mass is 79.9. The molecule has 1 aromatic carbocycles. The van der Waals surface area contributed by atoms with E-state index >= 15 is 0 Å². The minimum absolute atomic E-state index is 0.00352. The Kier molecular flexibility index (Phi) is 6.21. The van der Waals surface area contributed by atoms with Crippen molar-refractivity contribution in [3.8, 4) is 0 Å². The summed E-state index contributed by atoms with van der Waals surface area (Å²) < 4.78 is 26.1. The van der Waals surface area contributed by atoms with Gasteiger partial charge in [-0.2, -0.15) is 0 Å². The molecule has 2 aromatic rings. The summed E-state index contributed by atoms with van der Waals surface area (Å²) in [6.45, 7) is 3.75. The number of benzene rings is 1. The number of nitrogens with one attached hydrogen (secondary N) is 1. The lowest BCUT2D eigenvalue weighted by molar-refractivity contribution is -0.118. The number of amides is 2. The van der Waals surface area contributed by atoms with Gasteiger partial charge in [-0.3, -0.25) is 9.59 Å². The largest absolute Gasteiger partial charge is 0.309 e. The van der Waals surface area contributed by atoms with Gasteiger partial charge in [0, 0.05) is 24.6 Å². The third-order valence-corrected chi connectivity index (χ3v) is 7.62. The average molecular weight is 486 g/mol. The molecule has 0 aliphatic carbocycles.